The number of morpholine rings is 1. The summed E-state index contributed by atoms with van der Waals surface area (Å²) in [5, 5.41) is 0. The van der Waals surface area contributed by atoms with Crippen molar-refractivity contribution in [3.05, 3.63) is 24.3 Å². The number of hydrogen-bond donors (Lipinski definition) is 1. The van der Waals surface area contributed by atoms with Crippen molar-refractivity contribution in [2.24, 2.45) is 0 Å². The topological polar surface area (TPSA) is 92.8 Å². The molecule has 1 aromatic carbocycles. The second-order valence-electron chi connectivity index (χ2n) is 4.89. The van der Waals surface area contributed by atoms with Gasteiger partial charge in [0.1, 0.15) is 0 Å². The van der Waals surface area contributed by atoms with E-state index in [0.717, 1.165) is 0 Å². The van der Waals surface area contributed by atoms with Gasteiger partial charge in [-0.25, -0.2) is 21.6 Å². The summed E-state index contributed by atoms with van der Waals surface area (Å²) in [5.41, 5.74) is 0. The van der Waals surface area contributed by atoms with Gasteiger partial charge in [-0.2, -0.15) is 4.31 Å². The van der Waals surface area contributed by atoms with Crippen LogP contribution in [0.1, 0.15) is 13.3 Å². The van der Waals surface area contributed by atoms with Crippen LogP contribution in [0.4, 0.5) is 0 Å². The minimum atomic E-state index is -3.60. The summed E-state index contributed by atoms with van der Waals surface area (Å²) in [7, 11) is -7.19. The molecule has 1 aliphatic heterocycles. The van der Waals surface area contributed by atoms with Gasteiger partial charge in [-0.05, 0) is 30.7 Å². The van der Waals surface area contributed by atoms with E-state index in [1.165, 1.54) is 28.6 Å². The summed E-state index contributed by atoms with van der Waals surface area (Å²) in [5.74, 6) is 0. The lowest BCUT2D eigenvalue weighted by Gasteiger charge is -2.26. The van der Waals surface area contributed by atoms with Gasteiger partial charge in [0.15, 0.2) is 0 Å². The molecule has 2 rings (SSSR count). The average molecular weight is 348 g/mol. The molecule has 7 nitrogen and oxygen atoms in total. The number of sulfonamides is 2. The Hall–Kier alpha value is -1.00. The molecule has 0 saturated carbocycles. The molecule has 0 spiro atoms. The van der Waals surface area contributed by atoms with Gasteiger partial charge >= 0.3 is 0 Å². The Kier molecular flexibility index (Phi) is 5.56. The molecule has 22 heavy (non-hydrogen) atoms. The molecule has 9 heteroatoms. The van der Waals surface area contributed by atoms with Gasteiger partial charge in [0.25, 0.3) is 0 Å². The van der Waals surface area contributed by atoms with Gasteiger partial charge in [-0.1, -0.05) is 6.92 Å². The van der Waals surface area contributed by atoms with Gasteiger partial charge in [0.05, 0.1) is 23.0 Å². The van der Waals surface area contributed by atoms with E-state index in [1.807, 2.05) is 6.92 Å². The smallest absolute Gasteiger partial charge is 0.243 e. The Morgan fingerprint density at radius 3 is 2.14 bits per heavy atom. The number of hydrogen-bond acceptors (Lipinski definition) is 5. The maximum Gasteiger partial charge on any atom is 0.243 e. The van der Waals surface area contributed by atoms with Crippen molar-refractivity contribution in [1.29, 1.82) is 0 Å². The van der Waals surface area contributed by atoms with Crippen LogP contribution in [0.3, 0.4) is 0 Å². The van der Waals surface area contributed by atoms with Crippen molar-refractivity contribution in [2.45, 2.75) is 23.1 Å². The van der Waals surface area contributed by atoms with Gasteiger partial charge in [0.2, 0.25) is 20.0 Å². The van der Waals surface area contributed by atoms with Crippen molar-refractivity contribution in [2.75, 3.05) is 32.8 Å². The largest absolute Gasteiger partial charge is 0.379 e. The van der Waals surface area contributed by atoms with Crippen molar-refractivity contribution >= 4 is 20.0 Å². The Bertz CT molecular complexity index is 692. The molecular formula is C13H20N2O5S2. The van der Waals surface area contributed by atoms with Crippen molar-refractivity contribution in [3.8, 4) is 0 Å². The first-order chi connectivity index (χ1) is 10.4. The Labute approximate surface area is 131 Å². The highest BCUT2D eigenvalue weighted by Crippen LogP contribution is 2.19. The van der Waals surface area contributed by atoms with Crippen molar-refractivity contribution in [3.63, 3.8) is 0 Å². The van der Waals surface area contributed by atoms with E-state index in [4.69, 9.17) is 4.74 Å². The van der Waals surface area contributed by atoms with E-state index in [2.05, 4.69) is 4.72 Å². The van der Waals surface area contributed by atoms with E-state index in [9.17, 15) is 16.8 Å². The maximum absolute atomic E-state index is 12.4. The second kappa shape index (κ2) is 7.05. The Morgan fingerprint density at radius 1 is 1.05 bits per heavy atom. The summed E-state index contributed by atoms with van der Waals surface area (Å²) in [6, 6.07) is 5.27. The number of rotatable bonds is 6. The summed E-state index contributed by atoms with van der Waals surface area (Å²) in [6.07, 6.45) is 0.683. The second-order valence-corrected chi connectivity index (χ2v) is 8.59. The predicted octanol–water partition coefficient (Wildman–Crippen LogP) is 0.396. The van der Waals surface area contributed by atoms with Crippen LogP contribution in [0, 0.1) is 0 Å². The van der Waals surface area contributed by atoms with Crippen LogP contribution in [-0.2, 0) is 24.8 Å². The van der Waals surface area contributed by atoms with E-state index >= 15 is 0 Å². The molecule has 1 saturated heterocycles. The number of nitrogens with one attached hydrogen (secondary N) is 1. The molecule has 124 valence electrons. The zero-order chi connectivity index (χ0) is 16.2. The molecule has 0 unspecified atom stereocenters. The molecule has 0 aromatic heterocycles. The molecular weight excluding hydrogens is 328 g/mol. The van der Waals surface area contributed by atoms with Crippen molar-refractivity contribution in [1.82, 2.24) is 9.03 Å². The minimum absolute atomic E-state index is 0.0573. The third kappa shape index (κ3) is 3.85. The fourth-order valence-electron chi connectivity index (χ4n) is 2.05. The zero-order valence-electron chi connectivity index (χ0n) is 12.4. The normalized spacial score (nSPS) is 17.5. The highest BCUT2D eigenvalue weighted by Gasteiger charge is 2.26. The number of ether oxygens (including phenoxy) is 1. The van der Waals surface area contributed by atoms with Crippen LogP contribution < -0.4 is 4.72 Å². The highest BCUT2D eigenvalue weighted by atomic mass is 32.2. The molecule has 0 aliphatic carbocycles. The maximum atomic E-state index is 12.4. The van der Waals surface area contributed by atoms with Crippen LogP contribution in [0.2, 0.25) is 0 Å². The van der Waals surface area contributed by atoms with Gasteiger partial charge < -0.3 is 4.74 Å². The molecule has 1 aliphatic rings. The van der Waals surface area contributed by atoms with E-state index in [1.54, 1.807) is 0 Å². The lowest BCUT2D eigenvalue weighted by atomic mass is 10.4. The van der Waals surface area contributed by atoms with Gasteiger partial charge in [-0.15, -0.1) is 0 Å². The van der Waals surface area contributed by atoms with E-state index in [-0.39, 0.29) is 9.79 Å². The first kappa shape index (κ1) is 17.4. The van der Waals surface area contributed by atoms with Gasteiger partial charge in [-0.3, -0.25) is 0 Å². The zero-order valence-corrected chi connectivity index (χ0v) is 14.0. The van der Waals surface area contributed by atoms with Crippen molar-refractivity contribution < 1.29 is 21.6 Å². The van der Waals surface area contributed by atoms with Gasteiger partial charge in [0, 0.05) is 19.6 Å². The molecule has 1 aromatic rings. The quantitative estimate of drug-likeness (QED) is 0.803. The fourth-order valence-corrected chi connectivity index (χ4v) is 4.59. The average Bonchev–Trinajstić information content (AvgIpc) is 2.54. The third-order valence-electron chi connectivity index (χ3n) is 3.28. The third-order valence-corrected chi connectivity index (χ3v) is 6.67. The lowest BCUT2D eigenvalue weighted by molar-refractivity contribution is 0.0730. The number of nitrogens with zero attached hydrogens (tertiary/aromatic N) is 1. The summed E-state index contributed by atoms with van der Waals surface area (Å²) in [4.78, 5) is 0.144. The summed E-state index contributed by atoms with van der Waals surface area (Å²) in [6.45, 7) is 3.55. The number of benzene rings is 1. The first-order valence-corrected chi connectivity index (χ1v) is 9.98. The fraction of sp³-hybridized carbons (Fsp3) is 0.538. The molecule has 1 fully saturated rings. The summed E-state index contributed by atoms with van der Waals surface area (Å²) >= 11 is 0. The van der Waals surface area contributed by atoms with Crippen LogP contribution in [0.25, 0.3) is 0 Å². The van der Waals surface area contributed by atoms with Crippen LogP contribution >= 0.6 is 0 Å². The van der Waals surface area contributed by atoms with Crippen LogP contribution in [-0.4, -0.2) is 54.0 Å². The SMILES string of the molecule is CCCNS(=O)(=O)c1ccc(S(=O)(=O)N2CCOCC2)cc1. The molecule has 0 amide bonds. The van der Waals surface area contributed by atoms with Crippen LogP contribution in [0.5, 0.6) is 0 Å². The Morgan fingerprint density at radius 2 is 1.59 bits per heavy atom. The predicted molar refractivity (Wildman–Crippen MR) is 81.5 cm³/mol. The lowest BCUT2D eigenvalue weighted by Crippen LogP contribution is -2.40. The monoisotopic (exact) mass is 348 g/mol. The molecule has 0 atom stereocenters. The Balaban J connectivity index is 2.21. The first-order valence-electron chi connectivity index (χ1n) is 7.05. The molecule has 0 radical (unpaired) electrons. The highest BCUT2D eigenvalue weighted by molar-refractivity contribution is 7.89. The standard InChI is InChI=1S/C13H20N2O5S2/c1-2-7-14-21(16,17)12-3-5-13(6-4-12)22(18,19)15-8-10-20-11-9-15/h3-6,14H,2,7-11H2,1H3. The van der Waals surface area contributed by atoms with E-state index < -0.39 is 20.0 Å². The molecule has 1 heterocycles. The van der Waals surface area contributed by atoms with E-state index in [0.29, 0.717) is 39.3 Å². The summed E-state index contributed by atoms with van der Waals surface area (Å²) < 4.78 is 57.7. The van der Waals surface area contributed by atoms with Crippen LogP contribution in [0.15, 0.2) is 34.1 Å². The minimum Gasteiger partial charge on any atom is -0.379 e. The molecule has 1 N–H and O–H groups in total. The molecule has 0 bridgehead atoms.